The van der Waals surface area contributed by atoms with E-state index in [4.69, 9.17) is 4.74 Å². The summed E-state index contributed by atoms with van der Waals surface area (Å²) in [6.45, 7) is 13.1. The summed E-state index contributed by atoms with van der Waals surface area (Å²) < 4.78 is 5.32. The van der Waals surface area contributed by atoms with Crippen molar-refractivity contribution < 1.29 is 9.53 Å². The Morgan fingerprint density at radius 2 is 2.07 bits per heavy atom. The average molecular weight is 211 g/mol. The van der Waals surface area contributed by atoms with Gasteiger partial charge in [0.1, 0.15) is 5.60 Å². The summed E-state index contributed by atoms with van der Waals surface area (Å²) in [4.78, 5) is 13.5. The van der Waals surface area contributed by atoms with Crippen LogP contribution in [0, 0.1) is 11.8 Å². The topological polar surface area (TPSA) is 29.5 Å². The predicted molar refractivity (Wildman–Crippen MR) is 60.7 cm³/mol. The van der Waals surface area contributed by atoms with Crippen LogP contribution in [0.25, 0.3) is 0 Å². The number of carbonyl (C=O) groups is 1. The van der Waals surface area contributed by atoms with Crippen LogP contribution in [0.4, 0.5) is 4.79 Å². The molecule has 1 saturated heterocycles. The van der Waals surface area contributed by atoms with Gasteiger partial charge in [-0.25, -0.2) is 4.79 Å². The highest BCUT2D eigenvalue weighted by molar-refractivity contribution is 5.68. The lowest BCUT2D eigenvalue weighted by atomic mass is 9.99. The van der Waals surface area contributed by atoms with Gasteiger partial charge in [0.25, 0.3) is 0 Å². The van der Waals surface area contributed by atoms with Crippen LogP contribution in [0.5, 0.6) is 0 Å². The van der Waals surface area contributed by atoms with Gasteiger partial charge < -0.3 is 9.64 Å². The number of rotatable bonds is 1. The first-order chi connectivity index (χ1) is 6.83. The zero-order valence-electron chi connectivity index (χ0n) is 10.1. The van der Waals surface area contributed by atoms with Gasteiger partial charge in [0.2, 0.25) is 0 Å². The Hall–Kier alpha value is -0.990. The molecule has 0 aliphatic carbocycles. The molecule has 0 radical (unpaired) electrons. The van der Waals surface area contributed by atoms with E-state index in [0.717, 1.165) is 13.1 Å². The molecule has 3 nitrogen and oxygen atoms in total. The maximum Gasteiger partial charge on any atom is 0.410 e. The molecule has 1 aliphatic heterocycles. The first kappa shape index (κ1) is 12.1. The Balaban J connectivity index is 2.53. The standard InChI is InChI=1S/C12H21NO2/c1-6-10-8-13(7-9(10)2)11(14)15-12(3,4)5/h6,9-10H,1,7-8H2,2-5H3/t9-,10+/m0/s1. The monoisotopic (exact) mass is 211 g/mol. The van der Waals surface area contributed by atoms with Gasteiger partial charge in [-0.1, -0.05) is 13.0 Å². The molecule has 0 spiro atoms. The lowest BCUT2D eigenvalue weighted by molar-refractivity contribution is 0.0286. The third-order valence-corrected chi connectivity index (χ3v) is 2.62. The summed E-state index contributed by atoms with van der Waals surface area (Å²) in [6, 6.07) is 0. The van der Waals surface area contributed by atoms with Crippen molar-refractivity contribution in [2.24, 2.45) is 11.8 Å². The SMILES string of the molecule is C=C[C@@H]1CN(C(=O)OC(C)(C)C)C[C@@H]1C. The largest absolute Gasteiger partial charge is 0.444 e. The molecule has 15 heavy (non-hydrogen) atoms. The number of nitrogens with zero attached hydrogens (tertiary/aromatic N) is 1. The van der Waals surface area contributed by atoms with Gasteiger partial charge in [-0.2, -0.15) is 0 Å². The molecular formula is C12H21NO2. The Labute approximate surface area is 92.1 Å². The minimum atomic E-state index is -0.410. The third-order valence-electron chi connectivity index (χ3n) is 2.62. The van der Waals surface area contributed by atoms with Gasteiger partial charge in [-0.05, 0) is 32.6 Å². The summed E-state index contributed by atoms with van der Waals surface area (Å²) in [5.74, 6) is 0.882. The van der Waals surface area contributed by atoms with Gasteiger partial charge >= 0.3 is 6.09 Å². The summed E-state index contributed by atoms with van der Waals surface area (Å²) in [5.41, 5.74) is -0.410. The van der Waals surface area contributed by atoms with Gasteiger partial charge in [0, 0.05) is 13.1 Å². The van der Waals surface area contributed by atoms with E-state index in [9.17, 15) is 4.79 Å². The number of likely N-dealkylation sites (tertiary alicyclic amines) is 1. The second kappa shape index (κ2) is 4.25. The molecule has 3 heteroatoms. The molecule has 86 valence electrons. The van der Waals surface area contributed by atoms with Crippen molar-refractivity contribution >= 4 is 6.09 Å². The highest BCUT2D eigenvalue weighted by atomic mass is 16.6. The van der Waals surface area contributed by atoms with Crippen LogP contribution >= 0.6 is 0 Å². The van der Waals surface area contributed by atoms with E-state index >= 15 is 0 Å². The number of carbonyl (C=O) groups excluding carboxylic acids is 1. The maximum absolute atomic E-state index is 11.7. The van der Waals surface area contributed by atoms with Gasteiger partial charge in [-0.3, -0.25) is 0 Å². The molecular weight excluding hydrogens is 190 g/mol. The molecule has 1 rings (SSSR count). The molecule has 0 bridgehead atoms. The molecule has 0 unspecified atom stereocenters. The number of hydrogen-bond acceptors (Lipinski definition) is 2. The number of hydrogen-bond donors (Lipinski definition) is 0. The zero-order valence-corrected chi connectivity index (χ0v) is 10.1. The summed E-state index contributed by atoms with van der Waals surface area (Å²) >= 11 is 0. The number of ether oxygens (including phenoxy) is 1. The van der Waals surface area contributed by atoms with Crippen molar-refractivity contribution in [3.05, 3.63) is 12.7 Å². The number of amides is 1. The molecule has 0 N–H and O–H groups in total. The van der Waals surface area contributed by atoms with Crippen molar-refractivity contribution in [2.45, 2.75) is 33.3 Å². The zero-order chi connectivity index (χ0) is 11.6. The van der Waals surface area contributed by atoms with Crippen LogP contribution in [0.1, 0.15) is 27.7 Å². The van der Waals surface area contributed by atoms with Crippen LogP contribution in [0.2, 0.25) is 0 Å². The van der Waals surface area contributed by atoms with E-state index in [2.05, 4.69) is 13.5 Å². The maximum atomic E-state index is 11.7. The van der Waals surface area contributed by atoms with Crippen LogP contribution < -0.4 is 0 Å². The first-order valence-electron chi connectivity index (χ1n) is 5.44. The molecule has 0 aromatic rings. The van der Waals surface area contributed by atoms with E-state index in [0.29, 0.717) is 11.8 Å². The van der Waals surface area contributed by atoms with Crippen LogP contribution in [0.3, 0.4) is 0 Å². The quantitative estimate of drug-likeness (QED) is 0.624. The summed E-state index contributed by atoms with van der Waals surface area (Å²) in [7, 11) is 0. The van der Waals surface area contributed by atoms with Gasteiger partial charge in [0.15, 0.2) is 0 Å². The fraction of sp³-hybridized carbons (Fsp3) is 0.750. The smallest absolute Gasteiger partial charge is 0.410 e. The molecule has 1 aliphatic rings. The lowest BCUT2D eigenvalue weighted by Gasteiger charge is -2.24. The van der Waals surface area contributed by atoms with Crippen LogP contribution in [0.15, 0.2) is 12.7 Å². The Kier molecular flexibility index (Phi) is 3.42. The molecule has 0 aromatic heterocycles. The molecule has 0 saturated carbocycles. The molecule has 0 aromatic carbocycles. The van der Waals surface area contributed by atoms with E-state index in [1.165, 1.54) is 0 Å². The Morgan fingerprint density at radius 3 is 2.47 bits per heavy atom. The molecule has 2 atom stereocenters. The fourth-order valence-corrected chi connectivity index (χ4v) is 1.77. The van der Waals surface area contributed by atoms with Crippen molar-refractivity contribution in [3.8, 4) is 0 Å². The van der Waals surface area contributed by atoms with Gasteiger partial charge in [0.05, 0.1) is 0 Å². The molecule has 1 amide bonds. The lowest BCUT2D eigenvalue weighted by Crippen LogP contribution is -2.35. The fourth-order valence-electron chi connectivity index (χ4n) is 1.77. The van der Waals surface area contributed by atoms with Crippen LogP contribution in [-0.2, 0) is 4.74 Å². The minimum absolute atomic E-state index is 0.210. The Morgan fingerprint density at radius 1 is 1.47 bits per heavy atom. The highest BCUT2D eigenvalue weighted by Gasteiger charge is 2.32. The second-order valence-corrected chi connectivity index (χ2v) is 5.26. The van der Waals surface area contributed by atoms with E-state index < -0.39 is 5.60 Å². The minimum Gasteiger partial charge on any atom is -0.444 e. The van der Waals surface area contributed by atoms with Crippen LogP contribution in [-0.4, -0.2) is 29.7 Å². The first-order valence-corrected chi connectivity index (χ1v) is 5.44. The third kappa shape index (κ3) is 3.26. The Bertz CT molecular complexity index is 255. The van der Waals surface area contributed by atoms with Crippen molar-refractivity contribution in [2.75, 3.05) is 13.1 Å². The summed E-state index contributed by atoms with van der Waals surface area (Å²) in [6.07, 6.45) is 1.72. The normalized spacial score (nSPS) is 26.5. The van der Waals surface area contributed by atoms with Gasteiger partial charge in [-0.15, -0.1) is 6.58 Å². The summed E-state index contributed by atoms with van der Waals surface area (Å²) in [5, 5.41) is 0. The molecule has 1 heterocycles. The van der Waals surface area contributed by atoms with E-state index in [-0.39, 0.29) is 6.09 Å². The van der Waals surface area contributed by atoms with Crippen molar-refractivity contribution in [1.29, 1.82) is 0 Å². The highest BCUT2D eigenvalue weighted by Crippen LogP contribution is 2.25. The molecule has 1 fully saturated rings. The van der Waals surface area contributed by atoms with E-state index in [1.54, 1.807) is 4.90 Å². The van der Waals surface area contributed by atoms with Crippen molar-refractivity contribution in [3.63, 3.8) is 0 Å². The van der Waals surface area contributed by atoms with E-state index in [1.807, 2.05) is 26.8 Å². The average Bonchev–Trinajstić information content (AvgIpc) is 2.43. The van der Waals surface area contributed by atoms with Crippen molar-refractivity contribution in [1.82, 2.24) is 4.90 Å². The second-order valence-electron chi connectivity index (χ2n) is 5.26. The predicted octanol–water partition coefficient (Wildman–Crippen LogP) is 2.68.